The Morgan fingerprint density at radius 2 is 2.24 bits per heavy atom. The first-order valence-corrected chi connectivity index (χ1v) is 4.80. The summed E-state index contributed by atoms with van der Waals surface area (Å²) in [5, 5.41) is 2.01. The second-order valence-electron chi connectivity index (χ2n) is 2.96. The van der Waals surface area contributed by atoms with E-state index in [1.807, 2.05) is 5.32 Å². The van der Waals surface area contributed by atoms with E-state index in [0.29, 0.717) is 0 Å². The lowest BCUT2D eigenvalue weighted by Gasteiger charge is -2.02. The number of furan rings is 1. The van der Waals surface area contributed by atoms with Gasteiger partial charge in [0.1, 0.15) is 0 Å². The number of imide groups is 1. The number of hydrogen-bond donors (Lipinski definition) is 1. The summed E-state index contributed by atoms with van der Waals surface area (Å²) >= 11 is 0. The van der Waals surface area contributed by atoms with Crippen molar-refractivity contribution < 1.29 is 23.5 Å². The smallest absolute Gasteiger partial charge is 0.330 e. The number of carbonyl (C=O) groups is 3. The van der Waals surface area contributed by atoms with Crippen LogP contribution in [0.4, 0.5) is 0 Å². The second kappa shape index (κ2) is 6.26. The monoisotopic (exact) mass is 237 g/mol. The molecule has 1 aromatic rings. The van der Waals surface area contributed by atoms with Crippen LogP contribution < -0.4 is 5.32 Å². The maximum absolute atomic E-state index is 11.3. The molecule has 90 valence electrons. The Bertz CT molecular complexity index is 433. The Morgan fingerprint density at radius 1 is 1.47 bits per heavy atom. The van der Waals surface area contributed by atoms with Crippen molar-refractivity contribution in [2.75, 3.05) is 6.61 Å². The largest absolute Gasteiger partial charge is 0.459 e. The van der Waals surface area contributed by atoms with Gasteiger partial charge in [-0.3, -0.25) is 14.9 Å². The van der Waals surface area contributed by atoms with Crippen LogP contribution in [0.5, 0.6) is 0 Å². The number of ether oxygens (including phenoxy) is 1. The fraction of sp³-hybridized carbons (Fsp3) is 0.182. The van der Waals surface area contributed by atoms with Crippen LogP contribution in [-0.4, -0.2) is 24.4 Å². The van der Waals surface area contributed by atoms with Crippen molar-refractivity contribution in [2.45, 2.75) is 6.92 Å². The van der Waals surface area contributed by atoms with Gasteiger partial charge in [0, 0.05) is 6.08 Å². The summed E-state index contributed by atoms with van der Waals surface area (Å²) in [6.07, 6.45) is 3.96. The van der Waals surface area contributed by atoms with E-state index in [1.54, 1.807) is 6.92 Å². The Morgan fingerprint density at radius 3 is 2.82 bits per heavy atom. The summed E-state index contributed by atoms with van der Waals surface area (Å²) in [4.78, 5) is 33.4. The molecule has 17 heavy (non-hydrogen) atoms. The van der Waals surface area contributed by atoms with Crippen LogP contribution in [0.3, 0.4) is 0 Å². The van der Waals surface area contributed by atoms with Gasteiger partial charge in [0.05, 0.1) is 6.26 Å². The van der Waals surface area contributed by atoms with E-state index in [9.17, 15) is 14.4 Å². The summed E-state index contributed by atoms with van der Waals surface area (Å²) in [7, 11) is 0. The highest BCUT2D eigenvalue weighted by molar-refractivity contribution is 6.03. The minimum atomic E-state index is -0.718. The number of esters is 1. The minimum Gasteiger partial charge on any atom is -0.459 e. The quantitative estimate of drug-likeness (QED) is 0.614. The lowest BCUT2D eigenvalue weighted by molar-refractivity contribution is -0.143. The van der Waals surface area contributed by atoms with Crippen LogP contribution in [-0.2, 0) is 14.3 Å². The van der Waals surface area contributed by atoms with Crippen molar-refractivity contribution in [3.8, 4) is 0 Å². The molecule has 1 N–H and O–H groups in total. The standard InChI is InChI=1S/C11H11NO5/c1-2-4-10(14)17-7-9(13)12-11(15)8-5-3-6-16-8/h2-6H,7H2,1H3,(H,12,13,15)/b4-2+. The van der Waals surface area contributed by atoms with E-state index in [2.05, 4.69) is 4.74 Å². The molecule has 0 unspecified atom stereocenters. The van der Waals surface area contributed by atoms with Crippen LogP contribution in [0, 0.1) is 0 Å². The van der Waals surface area contributed by atoms with Crippen molar-refractivity contribution in [3.05, 3.63) is 36.3 Å². The molecule has 0 atom stereocenters. The van der Waals surface area contributed by atoms with Crippen LogP contribution in [0.1, 0.15) is 17.5 Å². The van der Waals surface area contributed by atoms with E-state index >= 15 is 0 Å². The number of rotatable bonds is 4. The first kappa shape index (κ1) is 12.7. The van der Waals surface area contributed by atoms with Crippen molar-refractivity contribution in [1.82, 2.24) is 5.32 Å². The van der Waals surface area contributed by atoms with Crippen molar-refractivity contribution >= 4 is 17.8 Å². The molecule has 1 aromatic heterocycles. The predicted molar refractivity (Wildman–Crippen MR) is 57.0 cm³/mol. The van der Waals surface area contributed by atoms with Gasteiger partial charge in [-0.05, 0) is 19.1 Å². The van der Waals surface area contributed by atoms with Gasteiger partial charge in [-0.25, -0.2) is 4.79 Å². The maximum Gasteiger partial charge on any atom is 0.330 e. The summed E-state index contributed by atoms with van der Waals surface area (Å²) < 4.78 is 9.32. The number of hydrogen-bond acceptors (Lipinski definition) is 5. The Hall–Kier alpha value is -2.37. The third-order valence-corrected chi connectivity index (χ3v) is 1.65. The fourth-order valence-corrected chi connectivity index (χ4v) is 0.953. The second-order valence-corrected chi connectivity index (χ2v) is 2.96. The molecular formula is C11H11NO5. The minimum absolute atomic E-state index is 0.0122. The number of allylic oxidation sites excluding steroid dienone is 1. The lowest BCUT2D eigenvalue weighted by atomic mass is 10.4. The molecule has 0 saturated heterocycles. The van der Waals surface area contributed by atoms with Crippen LogP contribution in [0.15, 0.2) is 35.0 Å². The summed E-state index contributed by atoms with van der Waals surface area (Å²) in [6, 6.07) is 2.93. The molecule has 2 amide bonds. The molecule has 6 heteroatoms. The molecule has 0 aliphatic heterocycles. The van der Waals surface area contributed by atoms with E-state index in [1.165, 1.54) is 30.5 Å². The highest BCUT2D eigenvalue weighted by atomic mass is 16.5. The first-order chi connectivity index (χ1) is 8.13. The zero-order valence-electron chi connectivity index (χ0n) is 9.14. The molecule has 0 fully saturated rings. The average molecular weight is 237 g/mol. The molecule has 0 spiro atoms. The van der Waals surface area contributed by atoms with Gasteiger partial charge in [0.2, 0.25) is 0 Å². The zero-order valence-corrected chi connectivity index (χ0v) is 9.14. The van der Waals surface area contributed by atoms with Gasteiger partial charge in [0.25, 0.3) is 11.8 Å². The van der Waals surface area contributed by atoms with Gasteiger partial charge in [-0.15, -0.1) is 0 Å². The summed E-state index contributed by atoms with van der Waals surface area (Å²) in [5.74, 6) is -2.03. The van der Waals surface area contributed by atoms with Crippen LogP contribution in [0.2, 0.25) is 0 Å². The highest BCUT2D eigenvalue weighted by Crippen LogP contribution is 1.98. The van der Waals surface area contributed by atoms with Gasteiger partial charge < -0.3 is 9.15 Å². The molecule has 1 rings (SSSR count). The Labute approximate surface area is 97.2 Å². The molecule has 0 aliphatic carbocycles. The van der Waals surface area contributed by atoms with Crippen molar-refractivity contribution in [3.63, 3.8) is 0 Å². The zero-order chi connectivity index (χ0) is 12.7. The maximum atomic E-state index is 11.3. The molecular weight excluding hydrogens is 226 g/mol. The average Bonchev–Trinajstić information content (AvgIpc) is 2.80. The summed E-state index contributed by atoms with van der Waals surface area (Å²) in [6.45, 7) is 1.12. The fourth-order valence-electron chi connectivity index (χ4n) is 0.953. The number of nitrogens with one attached hydrogen (secondary N) is 1. The molecule has 0 aromatic carbocycles. The number of carbonyl (C=O) groups excluding carboxylic acids is 3. The highest BCUT2D eigenvalue weighted by Gasteiger charge is 2.13. The predicted octanol–water partition coefficient (Wildman–Crippen LogP) is 0.655. The SMILES string of the molecule is C/C=C/C(=O)OCC(=O)NC(=O)c1ccco1. The molecule has 0 saturated carbocycles. The molecule has 0 bridgehead atoms. The van der Waals surface area contributed by atoms with E-state index in [0.717, 1.165) is 0 Å². The Balaban J connectivity index is 2.35. The topological polar surface area (TPSA) is 85.6 Å². The van der Waals surface area contributed by atoms with Gasteiger partial charge in [-0.2, -0.15) is 0 Å². The third kappa shape index (κ3) is 4.33. The summed E-state index contributed by atoms with van der Waals surface area (Å²) in [5.41, 5.74) is 0. The third-order valence-electron chi connectivity index (χ3n) is 1.65. The number of amides is 2. The van der Waals surface area contributed by atoms with E-state index < -0.39 is 24.4 Å². The normalized spacial score (nSPS) is 10.2. The Kier molecular flexibility index (Phi) is 4.68. The van der Waals surface area contributed by atoms with Gasteiger partial charge >= 0.3 is 5.97 Å². The first-order valence-electron chi connectivity index (χ1n) is 4.80. The lowest BCUT2D eigenvalue weighted by Crippen LogP contribution is -2.33. The van der Waals surface area contributed by atoms with Crippen molar-refractivity contribution in [1.29, 1.82) is 0 Å². The molecule has 6 nitrogen and oxygen atoms in total. The van der Waals surface area contributed by atoms with Crippen LogP contribution in [0.25, 0.3) is 0 Å². The van der Waals surface area contributed by atoms with Gasteiger partial charge in [0.15, 0.2) is 12.4 Å². The molecule has 1 heterocycles. The van der Waals surface area contributed by atoms with E-state index in [4.69, 9.17) is 4.42 Å². The van der Waals surface area contributed by atoms with E-state index in [-0.39, 0.29) is 5.76 Å². The van der Waals surface area contributed by atoms with Gasteiger partial charge in [-0.1, -0.05) is 6.08 Å². The molecule has 0 aliphatic rings. The van der Waals surface area contributed by atoms with Crippen LogP contribution >= 0.6 is 0 Å². The molecule has 0 radical (unpaired) electrons. The van der Waals surface area contributed by atoms with Crippen molar-refractivity contribution in [2.24, 2.45) is 0 Å².